The van der Waals surface area contributed by atoms with Crippen LogP contribution in [0.1, 0.15) is 30.9 Å². The van der Waals surface area contributed by atoms with E-state index in [-0.39, 0.29) is 11.2 Å². The third-order valence-electron chi connectivity index (χ3n) is 4.63. The summed E-state index contributed by atoms with van der Waals surface area (Å²) in [6.45, 7) is 2.77. The van der Waals surface area contributed by atoms with Crippen LogP contribution in [0.4, 0.5) is 0 Å². The van der Waals surface area contributed by atoms with Crippen LogP contribution >= 0.6 is 11.8 Å². The molecule has 0 saturated carbocycles. The standard InChI is InChI=1S/C23H27N3O4S/c1-4-5-11-30-19-10-9-17(13-20(19)29-3)15-24-26-23-25-22(27)21(31-23)14-16-7-6-8-18(12-16)28-2/h6-10,12-13,15,21H,4-5,11,14H2,1-3H3,(H,25,26,27)/b24-15-/t21-/m0/s1. The number of carbonyl (C=O) groups is 1. The molecule has 164 valence electrons. The molecule has 2 aromatic carbocycles. The summed E-state index contributed by atoms with van der Waals surface area (Å²) in [5.74, 6) is 2.06. The molecule has 0 aromatic heterocycles. The molecule has 7 nitrogen and oxygen atoms in total. The van der Waals surface area contributed by atoms with Crippen molar-refractivity contribution >= 4 is 29.1 Å². The van der Waals surface area contributed by atoms with Gasteiger partial charge >= 0.3 is 0 Å². The lowest BCUT2D eigenvalue weighted by molar-refractivity contribution is -0.118. The van der Waals surface area contributed by atoms with Crippen LogP contribution in [0.3, 0.4) is 0 Å². The maximum atomic E-state index is 12.3. The molecule has 1 atom stereocenters. The number of hydrogen-bond acceptors (Lipinski definition) is 7. The third-order valence-corrected chi connectivity index (χ3v) is 5.70. The second-order valence-corrected chi connectivity index (χ2v) is 8.10. The number of amides is 1. The number of hydrogen-bond donors (Lipinski definition) is 1. The molecule has 1 aliphatic rings. The van der Waals surface area contributed by atoms with Crippen LogP contribution in [0.5, 0.6) is 17.2 Å². The van der Waals surface area contributed by atoms with Gasteiger partial charge in [-0.15, -0.1) is 5.10 Å². The Balaban J connectivity index is 1.60. The number of carbonyl (C=O) groups excluding carboxylic acids is 1. The second-order valence-electron chi connectivity index (χ2n) is 6.91. The van der Waals surface area contributed by atoms with Crippen LogP contribution in [0.15, 0.2) is 52.7 Å². The minimum Gasteiger partial charge on any atom is -0.497 e. The maximum Gasteiger partial charge on any atom is 0.239 e. The lowest BCUT2D eigenvalue weighted by atomic mass is 10.1. The van der Waals surface area contributed by atoms with Crippen LogP contribution in [-0.2, 0) is 11.2 Å². The van der Waals surface area contributed by atoms with Gasteiger partial charge in [-0.3, -0.25) is 4.79 Å². The van der Waals surface area contributed by atoms with E-state index in [0.717, 1.165) is 29.7 Å². The predicted molar refractivity (Wildman–Crippen MR) is 125 cm³/mol. The van der Waals surface area contributed by atoms with Gasteiger partial charge in [-0.25, -0.2) is 0 Å². The van der Waals surface area contributed by atoms with Crippen molar-refractivity contribution in [2.45, 2.75) is 31.4 Å². The number of rotatable bonds is 10. The van der Waals surface area contributed by atoms with Gasteiger partial charge in [-0.05, 0) is 54.3 Å². The Hall–Kier alpha value is -3.00. The number of ether oxygens (including phenoxy) is 3. The van der Waals surface area contributed by atoms with Crippen molar-refractivity contribution in [2.24, 2.45) is 10.2 Å². The Morgan fingerprint density at radius 2 is 2.00 bits per heavy atom. The van der Waals surface area contributed by atoms with Gasteiger partial charge in [0.1, 0.15) is 5.75 Å². The number of amidine groups is 1. The van der Waals surface area contributed by atoms with Crippen molar-refractivity contribution in [1.29, 1.82) is 0 Å². The van der Waals surface area contributed by atoms with Gasteiger partial charge in [0, 0.05) is 0 Å². The quantitative estimate of drug-likeness (QED) is 0.342. The molecule has 0 spiro atoms. The first kappa shape index (κ1) is 22.7. The molecule has 1 aliphatic heterocycles. The molecule has 0 aliphatic carbocycles. The van der Waals surface area contributed by atoms with Crippen LogP contribution in [-0.4, -0.2) is 43.4 Å². The van der Waals surface area contributed by atoms with E-state index in [1.54, 1.807) is 20.4 Å². The first-order valence-electron chi connectivity index (χ1n) is 10.1. The highest BCUT2D eigenvalue weighted by Crippen LogP contribution is 2.28. The fourth-order valence-electron chi connectivity index (χ4n) is 2.96. The van der Waals surface area contributed by atoms with Gasteiger partial charge in [-0.2, -0.15) is 5.10 Å². The summed E-state index contributed by atoms with van der Waals surface area (Å²) in [6, 6.07) is 13.3. The zero-order chi connectivity index (χ0) is 22.1. The van der Waals surface area contributed by atoms with Gasteiger partial charge in [0.25, 0.3) is 0 Å². The minimum atomic E-state index is -0.249. The number of nitrogens with zero attached hydrogens (tertiary/aromatic N) is 2. The second kappa shape index (κ2) is 11.4. The zero-order valence-electron chi connectivity index (χ0n) is 18.0. The number of methoxy groups -OCH3 is 2. The Morgan fingerprint density at radius 3 is 2.77 bits per heavy atom. The molecule has 2 aromatic rings. The zero-order valence-corrected chi connectivity index (χ0v) is 18.8. The third kappa shape index (κ3) is 6.49. The topological polar surface area (TPSA) is 81.5 Å². The number of unbranched alkanes of at least 4 members (excludes halogenated alkanes) is 1. The smallest absolute Gasteiger partial charge is 0.239 e. The van der Waals surface area contributed by atoms with Gasteiger partial charge in [-0.1, -0.05) is 37.2 Å². The van der Waals surface area contributed by atoms with E-state index in [9.17, 15) is 4.79 Å². The Bertz CT molecular complexity index is 962. The summed E-state index contributed by atoms with van der Waals surface area (Å²) in [4.78, 5) is 12.3. The molecule has 1 N–H and O–H groups in total. The van der Waals surface area contributed by atoms with Crippen molar-refractivity contribution in [3.63, 3.8) is 0 Å². The first-order chi connectivity index (χ1) is 15.1. The van der Waals surface area contributed by atoms with E-state index in [0.29, 0.717) is 29.7 Å². The van der Waals surface area contributed by atoms with E-state index >= 15 is 0 Å². The Kier molecular flexibility index (Phi) is 8.35. The van der Waals surface area contributed by atoms with E-state index in [4.69, 9.17) is 14.2 Å². The van der Waals surface area contributed by atoms with Crippen molar-refractivity contribution < 1.29 is 19.0 Å². The molecule has 1 saturated heterocycles. The molecule has 1 heterocycles. The average Bonchev–Trinajstić information content (AvgIpc) is 3.13. The van der Waals surface area contributed by atoms with Gasteiger partial charge in [0.2, 0.25) is 5.91 Å². The minimum absolute atomic E-state index is 0.0722. The Morgan fingerprint density at radius 1 is 1.13 bits per heavy atom. The molecule has 3 rings (SSSR count). The first-order valence-corrected chi connectivity index (χ1v) is 11.0. The van der Waals surface area contributed by atoms with Crippen molar-refractivity contribution in [3.05, 3.63) is 53.6 Å². The number of nitrogens with one attached hydrogen (secondary N) is 1. The van der Waals surface area contributed by atoms with Crippen LogP contribution in [0, 0.1) is 0 Å². The predicted octanol–water partition coefficient (Wildman–Crippen LogP) is 4.05. The Labute approximate surface area is 186 Å². The van der Waals surface area contributed by atoms with Crippen LogP contribution in [0.25, 0.3) is 0 Å². The van der Waals surface area contributed by atoms with Crippen molar-refractivity contribution in [2.75, 3.05) is 20.8 Å². The highest BCUT2D eigenvalue weighted by atomic mass is 32.2. The molecule has 1 fully saturated rings. The molecule has 1 amide bonds. The highest BCUT2D eigenvalue weighted by molar-refractivity contribution is 8.15. The normalized spacial score (nSPS) is 17.2. The van der Waals surface area contributed by atoms with Gasteiger partial charge in [0.05, 0.1) is 32.3 Å². The van der Waals surface area contributed by atoms with E-state index in [2.05, 4.69) is 22.4 Å². The molecule has 0 bridgehead atoms. The molecular weight excluding hydrogens is 414 g/mol. The summed E-state index contributed by atoms with van der Waals surface area (Å²) in [6.07, 6.45) is 4.27. The number of thioether (sulfide) groups is 1. The summed E-state index contributed by atoms with van der Waals surface area (Å²) < 4.78 is 16.4. The average molecular weight is 442 g/mol. The largest absolute Gasteiger partial charge is 0.497 e. The summed E-state index contributed by atoms with van der Waals surface area (Å²) >= 11 is 1.37. The summed E-state index contributed by atoms with van der Waals surface area (Å²) in [5, 5.41) is 11.3. The molecule has 0 radical (unpaired) electrons. The molecular formula is C23H27N3O4S. The summed E-state index contributed by atoms with van der Waals surface area (Å²) in [5.41, 5.74) is 1.86. The lowest BCUT2D eigenvalue weighted by Gasteiger charge is -2.10. The van der Waals surface area contributed by atoms with E-state index in [1.807, 2.05) is 42.5 Å². The molecule has 31 heavy (non-hydrogen) atoms. The fraction of sp³-hybridized carbons (Fsp3) is 0.348. The highest BCUT2D eigenvalue weighted by Gasteiger charge is 2.30. The lowest BCUT2D eigenvalue weighted by Crippen LogP contribution is -2.25. The SMILES string of the molecule is CCCCOc1ccc(/C=N\N=C2/NC(=O)[C@H](Cc3cccc(OC)c3)S2)cc1OC. The van der Waals surface area contributed by atoms with E-state index in [1.165, 1.54) is 11.8 Å². The van der Waals surface area contributed by atoms with Crippen molar-refractivity contribution in [1.82, 2.24) is 5.32 Å². The monoisotopic (exact) mass is 441 g/mol. The summed E-state index contributed by atoms with van der Waals surface area (Å²) in [7, 11) is 3.23. The van der Waals surface area contributed by atoms with E-state index < -0.39 is 0 Å². The van der Waals surface area contributed by atoms with Gasteiger partial charge < -0.3 is 19.5 Å². The molecule has 0 unspecified atom stereocenters. The number of benzene rings is 2. The molecule has 8 heteroatoms. The van der Waals surface area contributed by atoms with Crippen molar-refractivity contribution in [3.8, 4) is 17.2 Å². The van der Waals surface area contributed by atoms with Crippen LogP contribution in [0.2, 0.25) is 0 Å². The van der Waals surface area contributed by atoms with Gasteiger partial charge in [0.15, 0.2) is 16.7 Å². The fourth-order valence-corrected chi connectivity index (χ4v) is 3.92. The van der Waals surface area contributed by atoms with Crippen LogP contribution < -0.4 is 19.5 Å². The maximum absolute atomic E-state index is 12.3.